The summed E-state index contributed by atoms with van der Waals surface area (Å²) < 4.78 is 11.0. The van der Waals surface area contributed by atoms with Gasteiger partial charge in [-0.05, 0) is 18.2 Å². The molecule has 1 heterocycles. The molecule has 0 aliphatic carbocycles. The van der Waals surface area contributed by atoms with Crippen LogP contribution >= 0.6 is 0 Å². The molecule has 94 valence electrons. The number of anilines is 1. The van der Waals surface area contributed by atoms with Crippen LogP contribution in [0.15, 0.2) is 42.6 Å². The first-order chi connectivity index (χ1) is 8.85. The number of rotatable bonds is 5. The normalized spacial score (nSPS) is 9.89. The molecule has 4 heteroatoms. The molecule has 1 aromatic heterocycles. The van der Waals surface area contributed by atoms with Gasteiger partial charge in [-0.3, -0.25) is 0 Å². The van der Waals surface area contributed by atoms with E-state index in [9.17, 15) is 0 Å². The average molecular weight is 244 g/mol. The van der Waals surface area contributed by atoms with Crippen LogP contribution in [0.3, 0.4) is 0 Å². The number of nitrogens with one attached hydrogen (secondary N) is 1. The van der Waals surface area contributed by atoms with Crippen LogP contribution in [-0.4, -0.2) is 19.1 Å². The van der Waals surface area contributed by atoms with Gasteiger partial charge in [0.25, 0.3) is 0 Å². The molecule has 0 aliphatic rings. The topological polar surface area (TPSA) is 43.4 Å². The van der Waals surface area contributed by atoms with E-state index >= 15 is 0 Å². The molecule has 2 aromatic rings. The molecule has 0 amide bonds. The van der Waals surface area contributed by atoms with Crippen LogP contribution in [0.5, 0.6) is 11.6 Å². The first-order valence-electron chi connectivity index (χ1n) is 5.72. The van der Waals surface area contributed by atoms with Gasteiger partial charge in [0, 0.05) is 25.0 Å². The van der Waals surface area contributed by atoms with E-state index in [1.165, 1.54) is 0 Å². The number of hydrogen-bond acceptors (Lipinski definition) is 4. The Morgan fingerprint density at radius 1 is 1.17 bits per heavy atom. The minimum atomic E-state index is 0.414. The van der Waals surface area contributed by atoms with Crippen molar-refractivity contribution in [2.24, 2.45) is 0 Å². The van der Waals surface area contributed by atoms with Crippen LogP contribution in [0.1, 0.15) is 5.56 Å². The summed E-state index contributed by atoms with van der Waals surface area (Å²) in [4.78, 5) is 4.12. The predicted octanol–water partition coefficient (Wildman–Crippen LogP) is 2.71. The van der Waals surface area contributed by atoms with Crippen LogP contribution in [-0.2, 0) is 6.61 Å². The molecule has 0 atom stereocenters. The van der Waals surface area contributed by atoms with Gasteiger partial charge in [-0.25, -0.2) is 4.98 Å². The van der Waals surface area contributed by atoms with Gasteiger partial charge in [0.05, 0.1) is 12.7 Å². The Balaban J connectivity index is 2.17. The average Bonchev–Trinajstić information content (AvgIpc) is 2.45. The lowest BCUT2D eigenvalue weighted by atomic mass is 10.1. The van der Waals surface area contributed by atoms with Crippen LogP contribution in [0.4, 0.5) is 5.69 Å². The van der Waals surface area contributed by atoms with Crippen molar-refractivity contribution in [3.05, 3.63) is 48.2 Å². The monoisotopic (exact) mass is 244 g/mol. The number of aromatic nitrogens is 1. The molecule has 0 aliphatic heterocycles. The first kappa shape index (κ1) is 12.2. The van der Waals surface area contributed by atoms with E-state index in [1.807, 2.05) is 43.4 Å². The molecule has 0 bridgehead atoms. The summed E-state index contributed by atoms with van der Waals surface area (Å²) in [6.07, 6.45) is 1.70. The Labute approximate surface area is 107 Å². The highest BCUT2D eigenvalue weighted by Crippen LogP contribution is 2.27. The molecule has 0 unspecified atom stereocenters. The molecule has 1 aromatic carbocycles. The van der Waals surface area contributed by atoms with Crippen molar-refractivity contribution in [2.75, 3.05) is 19.5 Å². The standard InChI is InChI=1S/C14H16N2O2/c1-15-12-6-5-7-13(17-2)11(12)10-18-14-8-3-4-9-16-14/h3-9,15H,10H2,1-2H3. The highest BCUT2D eigenvalue weighted by Gasteiger charge is 2.09. The van der Waals surface area contributed by atoms with Crippen molar-refractivity contribution in [3.8, 4) is 11.6 Å². The molecule has 0 radical (unpaired) electrons. The quantitative estimate of drug-likeness (QED) is 0.878. The predicted molar refractivity (Wildman–Crippen MR) is 71.1 cm³/mol. The minimum Gasteiger partial charge on any atom is -0.496 e. The van der Waals surface area contributed by atoms with Crippen LogP contribution in [0, 0.1) is 0 Å². The number of ether oxygens (including phenoxy) is 2. The fourth-order valence-electron chi connectivity index (χ4n) is 1.72. The first-order valence-corrected chi connectivity index (χ1v) is 5.72. The van der Waals surface area contributed by atoms with Gasteiger partial charge in [0.2, 0.25) is 5.88 Å². The van der Waals surface area contributed by atoms with Gasteiger partial charge in [-0.2, -0.15) is 0 Å². The second-order valence-corrected chi connectivity index (χ2v) is 3.69. The lowest BCUT2D eigenvalue weighted by Gasteiger charge is -2.14. The van der Waals surface area contributed by atoms with Crippen molar-refractivity contribution in [1.29, 1.82) is 0 Å². The molecular weight excluding hydrogens is 228 g/mol. The third kappa shape index (κ3) is 2.71. The third-order valence-electron chi connectivity index (χ3n) is 2.62. The number of nitrogens with zero attached hydrogens (tertiary/aromatic N) is 1. The molecule has 0 fully saturated rings. The Morgan fingerprint density at radius 2 is 2.06 bits per heavy atom. The highest BCUT2D eigenvalue weighted by molar-refractivity contribution is 5.57. The van der Waals surface area contributed by atoms with Crippen LogP contribution in [0.25, 0.3) is 0 Å². The molecule has 0 saturated heterocycles. The number of hydrogen-bond donors (Lipinski definition) is 1. The van der Waals surface area contributed by atoms with Crippen LogP contribution < -0.4 is 14.8 Å². The van der Waals surface area contributed by atoms with Gasteiger partial charge in [0.1, 0.15) is 12.4 Å². The second-order valence-electron chi connectivity index (χ2n) is 3.69. The van der Waals surface area contributed by atoms with Gasteiger partial charge in [0.15, 0.2) is 0 Å². The molecule has 18 heavy (non-hydrogen) atoms. The summed E-state index contributed by atoms with van der Waals surface area (Å²) in [5.74, 6) is 1.41. The van der Waals surface area contributed by atoms with Crippen molar-refractivity contribution < 1.29 is 9.47 Å². The van der Waals surface area contributed by atoms with E-state index in [2.05, 4.69) is 10.3 Å². The maximum atomic E-state index is 5.65. The summed E-state index contributed by atoms with van der Waals surface area (Å²) in [6.45, 7) is 0.414. The maximum absolute atomic E-state index is 5.65. The molecule has 0 saturated carbocycles. The number of pyridine rings is 1. The van der Waals surface area contributed by atoms with E-state index in [4.69, 9.17) is 9.47 Å². The number of methoxy groups -OCH3 is 1. The third-order valence-corrected chi connectivity index (χ3v) is 2.62. The zero-order valence-corrected chi connectivity index (χ0v) is 10.5. The largest absolute Gasteiger partial charge is 0.496 e. The molecule has 1 N–H and O–H groups in total. The fourth-order valence-corrected chi connectivity index (χ4v) is 1.72. The lowest BCUT2D eigenvalue weighted by Crippen LogP contribution is -2.03. The van der Waals surface area contributed by atoms with E-state index < -0.39 is 0 Å². The summed E-state index contributed by atoms with van der Waals surface area (Å²) in [6, 6.07) is 11.4. The Morgan fingerprint density at radius 3 is 2.72 bits per heavy atom. The lowest BCUT2D eigenvalue weighted by molar-refractivity contribution is 0.286. The van der Waals surface area contributed by atoms with Crippen molar-refractivity contribution in [3.63, 3.8) is 0 Å². The van der Waals surface area contributed by atoms with E-state index in [0.717, 1.165) is 17.0 Å². The zero-order valence-electron chi connectivity index (χ0n) is 10.5. The summed E-state index contributed by atoms with van der Waals surface area (Å²) in [5, 5.41) is 3.13. The van der Waals surface area contributed by atoms with E-state index in [0.29, 0.717) is 12.5 Å². The number of benzene rings is 1. The van der Waals surface area contributed by atoms with E-state index in [1.54, 1.807) is 13.3 Å². The van der Waals surface area contributed by atoms with Crippen molar-refractivity contribution >= 4 is 5.69 Å². The minimum absolute atomic E-state index is 0.414. The summed E-state index contributed by atoms with van der Waals surface area (Å²) in [5.41, 5.74) is 1.97. The molecule has 2 rings (SSSR count). The molecule has 0 spiro atoms. The Bertz CT molecular complexity index is 478. The second kappa shape index (κ2) is 5.91. The summed E-state index contributed by atoms with van der Waals surface area (Å²) >= 11 is 0. The smallest absolute Gasteiger partial charge is 0.213 e. The Kier molecular flexibility index (Phi) is 4.02. The van der Waals surface area contributed by atoms with Crippen molar-refractivity contribution in [2.45, 2.75) is 6.61 Å². The zero-order chi connectivity index (χ0) is 12.8. The highest BCUT2D eigenvalue weighted by atomic mass is 16.5. The van der Waals surface area contributed by atoms with Crippen molar-refractivity contribution in [1.82, 2.24) is 4.98 Å². The molecule has 4 nitrogen and oxygen atoms in total. The Hall–Kier alpha value is -2.23. The SMILES string of the molecule is CNc1cccc(OC)c1COc1ccccn1. The van der Waals surface area contributed by atoms with Gasteiger partial charge in [-0.1, -0.05) is 12.1 Å². The maximum Gasteiger partial charge on any atom is 0.213 e. The molecular formula is C14H16N2O2. The van der Waals surface area contributed by atoms with E-state index in [-0.39, 0.29) is 0 Å². The summed E-state index contributed by atoms with van der Waals surface area (Å²) in [7, 11) is 3.53. The van der Waals surface area contributed by atoms with Gasteiger partial charge >= 0.3 is 0 Å². The van der Waals surface area contributed by atoms with Gasteiger partial charge in [-0.15, -0.1) is 0 Å². The fraction of sp³-hybridized carbons (Fsp3) is 0.214. The van der Waals surface area contributed by atoms with Gasteiger partial charge < -0.3 is 14.8 Å². The van der Waals surface area contributed by atoms with Crippen LogP contribution in [0.2, 0.25) is 0 Å².